The third-order valence-corrected chi connectivity index (χ3v) is 12.2. The molecule has 0 saturated carbocycles. The van der Waals surface area contributed by atoms with Crippen LogP contribution in [0, 0.1) is 0 Å². The van der Waals surface area contributed by atoms with E-state index in [0.29, 0.717) is 17.4 Å². The van der Waals surface area contributed by atoms with Crippen LogP contribution in [-0.4, -0.2) is 73.4 Å². The van der Waals surface area contributed by atoms with Gasteiger partial charge in [-0.2, -0.15) is 0 Å². The second-order valence-electron chi connectivity index (χ2n) is 18.5. The Morgan fingerprint density at radius 3 is 1.42 bits per heavy atom. The molecule has 3 unspecified atom stereocenters. The summed E-state index contributed by atoms with van der Waals surface area (Å²) in [6.07, 6.45) is 58.7. The molecule has 0 rings (SSSR count). The molecule has 0 fully saturated rings. The number of allylic oxidation sites excluding steroid dienone is 9. The van der Waals surface area contributed by atoms with E-state index in [4.69, 9.17) is 9.05 Å². The fourth-order valence-electron chi connectivity index (χ4n) is 7.21. The van der Waals surface area contributed by atoms with Gasteiger partial charge in [0.2, 0.25) is 5.91 Å². The standard InChI is InChI=1S/C53H99N2O6P/c1-6-8-10-12-14-16-18-20-21-22-23-24-25-26-27-28-29-30-31-32-33-35-37-39-41-43-45-47-53(57)54-51(50-61-62(58,59)60-49-48-55(3,4)5)52(56)46-44-42-40-38-36-34-19-17-15-13-11-9-7-2/h8,10,14,16,20-21,23-24,44,46,51-52,56H,6-7,9,11-13,15,17-19,22,25-43,45,47-50H2,1-5H3,(H-,54,57,58,59)/p+1/b10-8-,16-14-,21-20-,24-23-,46-44+. The SMILES string of the molecule is CC/C=C\C/C=C\C/C=C\C/C=C\CCCCCCCCCCCCCCCCC(=O)NC(COP(=O)(O)OCC[N+](C)(C)C)C(O)/C=C/CCCCCCCCCCCCC. The van der Waals surface area contributed by atoms with Crippen molar-refractivity contribution in [1.82, 2.24) is 5.32 Å². The van der Waals surface area contributed by atoms with Crippen molar-refractivity contribution >= 4 is 13.7 Å². The number of phosphoric ester groups is 1. The van der Waals surface area contributed by atoms with E-state index in [-0.39, 0.29) is 19.1 Å². The largest absolute Gasteiger partial charge is 0.472 e. The minimum atomic E-state index is -4.34. The summed E-state index contributed by atoms with van der Waals surface area (Å²) >= 11 is 0. The van der Waals surface area contributed by atoms with Gasteiger partial charge >= 0.3 is 7.82 Å². The molecule has 3 N–H and O–H groups in total. The highest BCUT2D eigenvalue weighted by Crippen LogP contribution is 2.43. The summed E-state index contributed by atoms with van der Waals surface area (Å²) in [6.45, 7) is 4.70. The number of aliphatic hydroxyl groups excluding tert-OH is 1. The molecule has 0 aromatic carbocycles. The first-order chi connectivity index (χ1) is 30.0. The van der Waals surface area contributed by atoms with Crippen LogP contribution in [0.15, 0.2) is 60.8 Å². The summed E-state index contributed by atoms with van der Waals surface area (Å²) in [5.41, 5.74) is 0. The molecular weight excluding hydrogens is 792 g/mol. The van der Waals surface area contributed by atoms with Crippen molar-refractivity contribution in [3.63, 3.8) is 0 Å². The average molecular weight is 892 g/mol. The lowest BCUT2D eigenvalue weighted by Crippen LogP contribution is -2.45. The number of carbonyl (C=O) groups excluding carboxylic acids is 1. The fourth-order valence-corrected chi connectivity index (χ4v) is 7.95. The predicted octanol–water partition coefficient (Wildman–Crippen LogP) is 15.0. The lowest BCUT2D eigenvalue weighted by Gasteiger charge is -2.25. The average Bonchev–Trinajstić information content (AvgIpc) is 3.23. The molecule has 0 heterocycles. The van der Waals surface area contributed by atoms with E-state index in [1.54, 1.807) is 6.08 Å². The van der Waals surface area contributed by atoms with Gasteiger partial charge in [0.15, 0.2) is 0 Å². The zero-order valence-corrected chi connectivity index (χ0v) is 42.0. The van der Waals surface area contributed by atoms with Crippen LogP contribution in [0.2, 0.25) is 0 Å². The maximum atomic E-state index is 12.9. The highest BCUT2D eigenvalue weighted by molar-refractivity contribution is 7.47. The fraction of sp³-hybridized carbons (Fsp3) is 0.792. The number of hydrogen-bond donors (Lipinski definition) is 3. The van der Waals surface area contributed by atoms with Crippen LogP contribution in [-0.2, 0) is 18.4 Å². The molecule has 9 heteroatoms. The van der Waals surface area contributed by atoms with E-state index in [2.05, 4.69) is 67.8 Å². The van der Waals surface area contributed by atoms with Crippen molar-refractivity contribution in [2.75, 3.05) is 40.9 Å². The molecule has 0 aliphatic rings. The smallest absolute Gasteiger partial charge is 0.387 e. The summed E-state index contributed by atoms with van der Waals surface area (Å²) in [6, 6.07) is -0.847. The van der Waals surface area contributed by atoms with Gasteiger partial charge < -0.3 is 19.8 Å². The second kappa shape index (κ2) is 44.4. The van der Waals surface area contributed by atoms with E-state index < -0.39 is 20.0 Å². The molecular formula is C53H100N2O6P+. The predicted molar refractivity (Wildman–Crippen MR) is 267 cm³/mol. The van der Waals surface area contributed by atoms with Crippen LogP contribution < -0.4 is 5.32 Å². The maximum absolute atomic E-state index is 12.9. The van der Waals surface area contributed by atoms with Gasteiger partial charge in [-0.25, -0.2) is 4.57 Å². The van der Waals surface area contributed by atoms with Gasteiger partial charge in [-0.3, -0.25) is 13.8 Å². The Hall–Kier alpha value is -1.80. The topological polar surface area (TPSA) is 105 Å². The van der Waals surface area contributed by atoms with Gasteiger partial charge in [0.05, 0.1) is 39.9 Å². The zero-order valence-electron chi connectivity index (χ0n) is 41.1. The normalized spacial score (nSPS) is 14.6. The minimum absolute atomic E-state index is 0.0602. The Morgan fingerprint density at radius 2 is 0.968 bits per heavy atom. The molecule has 0 aromatic rings. The van der Waals surface area contributed by atoms with Gasteiger partial charge in [0.1, 0.15) is 13.2 Å². The first-order valence-electron chi connectivity index (χ1n) is 25.7. The Morgan fingerprint density at radius 1 is 0.565 bits per heavy atom. The number of unbranched alkanes of at least 4 members (excludes halogenated alkanes) is 25. The van der Waals surface area contributed by atoms with E-state index >= 15 is 0 Å². The van der Waals surface area contributed by atoms with E-state index in [0.717, 1.165) is 64.2 Å². The van der Waals surface area contributed by atoms with Crippen LogP contribution in [0.25, 0.3) is 0 Å². The van der Waals surface area contributed by atoms with E-state index in [1.807, 2.05) is 27.2 Å². The van der Waals surface area contributed by atoms with Crippen LogP contribution in [0.4, 0.5) is 0 Å². The molecule has 0 aliphatic carbocycles. The number of carbonyl (C=O) groups is 1. The molecule has 0 bridgehead atoms. The molecule has 8 nitrogen and oxygen atoms in total. The number of nitrogens with one attached hydrogen (secondary N) is 1. The number of aliphatic hydroxyl groups is 1. The summed E-state index contributed by atoms with van der Waals surface area (Å²) in [5.74, 6) is -0.180. The second-order valence-corrected chi connectivity index (χ2v) is 20.0. The summed E-state index contributed by atoms with van der Waals surface area (Å²) in [4.78, 5) is 23.2. The number of phosphoric acid groups is 1. The van der Waals surface area contributed by atoms with Crippen LogP contribution in [0.3, 0.4) is 0 Å². The van der Waals surface area contributed by atoms with Gasteiger partial charge in [-0.1, -0.05) is 216 Å². The first-order valence-corrected chi connectivity index (χ1v) is 27.2. The van der Waals surface area contributed by atoms with Crippen molar-refractivity contribution in [2.24, 2.45) is 0 Å². The number of hydrogen-bond acceptors (Lipinski definition) is 5. The van der Waals surface area contributed by atoms with Crippen molar-refractivity contribution in [1.29, 1.82) is 0 Å². The number of quaternary nitrogens is 1. The van der Waals surface area contributed by atoms with Crippen molar-refractivity contribution in [3.8, 4) is 0 Å². The maximum Gasteiger partial charge on any atom is 0.472 e. The molecule has 3 atom stereocenters. The lowest BCUT2D eigenvalue weighted by atomic mass is 10.0. The monoisotopic (exact) mass is 892 g/mol. The highest BCUT2D eigenvalue weighted by Gasteiger charge is 2.27. The van der Waals surface area contributed by atoms with Crippen LogP contribution in [0.5, 0.6) is 0 Å². The molecule has 362 valence electrons. The van der Waals surface area contributed by atoms with Crippen LogP contribution >= 0.6 is 7.82 Å². The number of amides is 1. The first kappa shape index (κ1) is 60.2. The van der Waals surface area contributed by atoms with E-state index in [9.17, 15) is 19.4 Å². The summed E-state index contributed by atoms with van der Waals surface area (Å²) in [5, 5.41) is 13.9. The molecule has 0 aromatic heterocycles. The molecule has 0 radical (unpaired) electrons. The Labute approximate surface area is 383 Å². The number of nitrogens with zero attached hydrogens (tertiary/aromatic N) is 1. The third-order valence-electron chi connectivity index (χ3n) is 11.2. The van der Waals surface area contributed by atoms with Crippen LogP contribution in [0.1, 0.15) is 219 Å². The van der Waals surface area contributed by atoms with Gasteiger partial charge in [-0.05, 0) is 57.8 Å². The van der Waals surface area contributed by atoms with Gasteiger partial charge in [0.25, 0.3) is 0 Å². The lowest BCUT2D eigenvalue weighted by molar-refractivity contribution is -0.870. The Kier molecular flexibility index (Phi) is 43.1. The molecule has 0 spiro atoms. The zero-order chi connectivity index (χ0) is 45.7. The Balaban J connectivity index is 4.18. The number of rotatable bonds is 46. The molecule has 0 saturated heterocycles. The van der Waals surface area contributed by atoms with Crippen molar-refractivity contribution in [3.05, 3.63) is 60.8 Å². The molecule has 62 heavy (non-hydrogen) atoms. The molecule has 0 aliphatic heterocycles. The van der Waals surface area contributed by atoms with Crippen molar-refractivity contribution in [2.45, 2.75) is 231 Å². The molecule has 1 amide bonds. The summed E-state index contributed by atoms with van der Waals surface area (Å²) in [7, 11) is 1.57. The highest BCUT2D eigenvalue weighted by atomic mass is 31.2. The van der Waals surface area contributed by atoms with Gasteiger partial charge in [0, 0.05) is 6.42 Å². The summed E-state index contributed by atoms with van der Waals surface area (Å²) < 4.78 is 23.6. The van der Waals surface area contributed by atoms with Gasteiger partial charge in [-0.15, -0.1) is 0 Å². The Bertz CT molecular complexity index is 1190. The quantitative estimate of drug-likeness (QED) is 0.0243. The van der Waals surface area contributed by atoms with E-state index in [1.165, 1.54) is 135 Å². The third kappa shape index (κ3) is 46.2. The number of likely N-dealkylation sites (N-methyl/N-ethyl adjacent to an activating group) is 1. The van der Waals surface area contributed by atoms with Crippen molar-refractivity contribution < 1.29 is 32.9 Å². The minimum Gasteiger partial charge on any atom is -0.387 e.